The molecule has 0 aromatic carbocycles. The third-order valence-electron chi connectivity index (χ3n) is 0.477. The van der Waals surface area contributed by atoms with Crippen LogP contribution in [0.25, 0.3) is 0 Å². The van der Waals surface area contributed by atoms with Crippen LogP contribution < -0.4 is 0 Å². The van der Waals surface area contributed by atoms with Crippen molar-refractivity contribution >= 4 is 17.3 Å². The monoisotopic (exact) mass is 123 g/mol. The van der Waals surface area contributed by atoms with Crippen molar-refractivity contribution in [2.24, 2.45) is 0 Å². The number of aliphatic hydroxyl groups is 2. The second kappa shape index (κ2) is 1.78. The Kier molecular flexibility index (Phi) is 1.75. The highest BCUT2D eigenvalue weighted by atomic mass is 35.5. The molecule has 0 fully saturated rings. The summed E-state index contributed by atoms with van der Waals surface area (Å²) < 4.78 is 0. The van der Waals surface area contributed by atoms with Crippen molar-refractivity contribution in [3.63, 3.8) is 0 Å². The minimum atomic E-state index is -2.44. The Balaban J connectivity index is 3.79. The molecule has 0 radical (unpaired) electrons. The molecule has 0 aromatic rings. The third-order valence-corrected chi connectivity index (χ3v) is 0.761. The maximum atomic E-state index is 8.19. The molecule has 3 nitrogen and oxygen atoms in total. The van der Waals surface area contributed by atoms with E-state index < -0.39 is 5.25 Å². The van der Waals surface area contributed by atoms with Crippen LogP contribution in [0.15, 0.2) is 0 Å². The van der Waals surface area contributed by atoms with E-state index in [1.54, 1.807) is 0 Å². The number of rotatable bonds is 1. The van der Waals surface area contributed by atoms with Crippen LogP contribution in [0.1, 0.15) is 6.92 Å². The number of alkyl halides is 1. The van der Waals surface area contributed by atoms with Crippen LogP contribution in [0.3, 0.4) is 0 Å². The molecular weight excluding hydrogens is 117 g/mol. The van der Waals surface area contributed by atoms with Crippen LogP contribution >= 0.6 is 11.6 Å². The van der Waals surface area contributed by atoms with Crippen LogP contribution in [0.2, 0.25) is 0 Å². The molecule has 0 heterocycles. The average molecular weight is 124 g/mol. The second-order valence-corrected chi connectivity index (χ2v) is 1.74. The molecule has 0 amide bonds. The molecule has 0 saturated heterocycles. The Hall–Kier alpha value is -0.120. The Morgan fingerprint density at radius 2 is 1.86 bits per heavy atom. The molecule has 0 bridgehead atoms. The molecule has 0 aliphatic carbocycles. The summed E-state index contributed by atoms with van der Waals surface area (Å²) in [5.74, 6) is 0. The van der Waals surface area contributed by atoms with E-state index in [-0.39, 0.29) is 5.71 Å². The van der Waals surface area contributed by atoms with Crippen LogP contribution in [-0.4, -0.2) is 21.2 Å². The van der Waals surface area contributed by atoms with Crippen LogP contribution in [-0.2, 0) is 0 Å². The second-order valence-electron chi connectivity index (χ2n) is 1.21. The van der Waals surface area contributed by atoms with Gasteiger partial charge in [-0.1, -0.05) is 11.6 Å². The van der Waals surface area contributed by atoms with Gasteiger partial charge in [-0.2, -0.15) is 0 Å². The zero-order chi connectivity index (χ0) is 6.08. The highest BCUT2D eigenvalue weighted by Crippen LogP contribution is 2.04. The number of nitrogens with one attached hydrogen (secondary N) is 1. The van der Waals surface area contributed by atoms with E-state index in [1.807, 2.05) is 0 Å². The largest absolute Gasteiger partial charge is 0.349 e. The van der Waals surface area contributed by atoms with Crippen LogP contribution in [0.5, 0.6) is 0 Å². The fourth-order valence-corrected chi connectivity index (χ4v) is 0. The van der Waals surface area contributed by atoms with Crippen molar-refractivity contribution in [2.75, 3.05) is 0 Å². The first kappa shape index (κ1) is 6.88. The fraction of sp³-hybridized carbons (Fsp3) is 0.667. The summed E-state index contributed by atoms with van der Waals surface area (Å²) in [6.07, 6.45) is 0. The van der Waals surface area contributed by atoms with Gasteiger partial charge in [0.1, 0.15) is 0 Å². The van der Waals surface area contributed by atoms with Gasteiger partial charge in [-0.05, 0) is 6.92 Å². The third kappa shape index (κ3) is 2.56. The highest BCUT2D eigenvalue weighted by Gasteiger charge is 2.20. The van der Waals surface area contributed by atoms with Gasteiger partial charge >= 0.3 is 0 Å². The smallest absolute Gasteiger partial charge is 0.284 e. The first-order valence-electron chi connectivity index (χ1n) is 1.64. The Bertz CT molecular complexity index is 85.4. The van der Waals surface area contributed by atoms with Crippen molar-refractivity contribution < 1.29 is 10.2 Å². The summed E-state index contributed by atoms with van der Waals surface area (Å²) in [4.78, 5) is 0. The Morgan fingerprint density at radius 3 is 1.86 bits per heavy atom. The molecule has 3 N–H and O–H groups in total. The maximum absolute atomic E-state index is 8.19. The van der Waals surface area contributed by atoms with Gasteiger partial charge < -0.3 is 15.6 Å². The van der Waals surface area contributed by atoms with E-state index in [0.717, 1.165) is 0 Å². The summed E-state index contributed by atoms with van der Waals surface area (Å²) in [5, 5.41) is 20.5. The van der Waals surface area contributed by atoms with Crippen LogP contribution in [0.4, 0.5) is 0 Å². The van der Waals surface area contributed by atoms with Gasteiger partial charge in [-0.3, -0.25) is 0 Å². The number of halogens is 1. The topological polar surface area (TPSA) is 64.3 Å². The van der Waals surface area contributed by atoms with E-state index >= 15 is 0 Å². The molecule has 0 atom stereocenters. The molecule has 0 unspecified atom stereocenters. The Morgan fingerprint density at radius 1 is 1.71 bits per heavy atom. The van der Waals surface area contributed by atoms with Crippen molar-refractivity contribution in [1.29, 1.82) is 5.41 Å². The predicted molar refractivity (Wildman–Crippen MR) is 26.4 cm³/mol. The van der Waals surface area contributed by atoms with E-state index in [4.69, 9.17) is 27.2 Å². The minimum absolute atomic E-state index is 0.380. The lowest BCUT2D eigenvalue weighted by Gasteiger charge is -2.08. The standard InChI is InChI=1S/C3H6ClNO2/c1-2(5)3(4,6)7/h5-7H,1H3. The number of hydrogen-bond acceptors (Lipinski definition) is 3. The minimum Gasteiger partial charge on any atom is -0.349 e. The summed E-state index contributed by atoms with van der Waals surface area (Å²) in [7, 11) is 0. The van der Waals surface area contributed by atoms with E-state index in [0.29, 0.717) is 0 Å². The lowest BCUT2D eigenvalue weighted by Crippen LogP contribution is -2.28. The lowest BCUT2D eigenvalue weighted by molar-refractivity contribution is -0.0239. The Labute approximate surface area is 46.0 Å². The summed E-state index contributed by atoms with van der Waals surface area (Å²) >= 11 is 4.75. The molecule has 0 aliphatic rings. The number of hydrogen-bond donors (Lipinski definition) is 3. The van der Waals surface area contributed by atoms with Gasteiger partial charge in [0.2, 0.25) is 0 Å². The highest BCUT2D eigenvalue weighted by molar-refractivity contribution is 6.32. The quantitative estimate of drug-likeness (QED) is 0.259. The maximum Gasteiger partial charge on any atom is 0.284 e. The molecule has 7 heavy (non-hydrogen) atoms. The summed E-state index contributed by atoms with van der Waals surface area (Å²) in [6, 6.07) is 0. The van der Waals surface area contributed by atoms with Crippen molar-refractivity contribution in [2.45, 2.75) is 12.2 Å². The first-order valence-corrected chi connectivity index (χ1v) is 2.01. The summed E-state index contributed by atoms with van der Waals surface area (Å²) in [6.45, 7) is 1.20. The molecule has 0 rings (SSSR count). The van der Waals surface area contributed by atoms with Gasteiger partial charge in [0.25, 0.3) is 5.25 Å². The van der Waals surface area contributed by atoms with Crippen molar-refractivity contribution in [1.82, 2.24) is 0 Å². The predicted octanol–water partition coefficient (Wildman–Crippen LogP) is -0.0967. The van der Waals surface area contributed by atoms with Gasteiger partial charge in [0.05, 0.1) is 5.71 Å². The van der Waals surface area contributed by atoms with Crippen molar-refractivity contribution in [3.05, 3.63) is 0 Å². The average Bonchev–Trinajstić information content (AvgIpc) is 1.31. The van der Waals surface area contributed by atoms with E-state index in [2.05, 4.69) is 0 Å². The van der Waals surface area contributed by atoms with Crippen LogP contribution in [0, 0.1) is 5.41 Å². The first-order chi connectivity index (χ1) is 2.94. The zero-order valence-electron chi connectivity index (χ0n) is 3.77. The van der Waals surface area contributed by atoms with Gasteiger partial charge in [-0.25, -0.2) is 0 Å². The molecule has 42 valence electrons. The molecule has 0 saturated carbocycles. The fourth-order valence-electron chi connectivity index (χ4n) is 0. The summed E-state index contributed by atoms with van der Waals surface area (Å²) in [5.41, 5.74) is -0.380. The molecule has 0 spiro atoms. The normalized spacial score (nSPS) is 11.4. The molecular formula is C3H6ClNO2. The van der Waals surface area contributed by atoms with Gasteiger partial charge in [-0.15, -0.1) is 0 Å². The van der Waals surface area contributed by atoms with Gasteiger partial charge in [0.15, 0.2) is 0 Å². The van der Waals surface area contributed by atoms with E-state index in [1.165, 1.54) is 6.92 Å². The van der Waals surface area contributed by atoms with Gasteiger partial charge in [0, 0.05) is 0 Å². The van der Waals surface area contributed by atoms with E-state index in [9.17, 15) is 0 Å². The molecule has 0 aromatic heterocycles. The zero-order valence-corrected chi connectivity index (χ0v) is 4.53. The molecule has 4 heteroatoms. The molecule has 0 aliphatic heterocycles. The lowest BCUT2D eigenvalue weighted by atomic mass is 10.4. The SMILES string of the molecule is CC(=N)C(O)(O)Cl. The van der Waals surface area contributed by atoms with Crippen molar-refractivity contribution in [3.8, 4) is 0 Å².